The molecule has 1 saturated heterocycles. The van der Waals surface area contributed by atoms with Gasteiger partial charge in [0.05, 0.1) is 0 Å². The minimum atomic E-state index is -0.602. The molecule has 0 radical (unpaired) electrons. The minimum absolute atomic E-state index is 0.234. The summed E-state index contributed by atoms with van der Waals surface area (Å²) in [5, 5.41) is 0. The van der Waals surface area contributed by atoms with Crippen LogP contribution in [-0.2, 0) is 9.47 Å². The van der Waals surface area contributed by atoms with Crippen LogP contribution in [0.15, 0.2) is 25.3 Å². The molecular formula is C8H12O3. The lowest BCUT2D eigenvalue weighted by Crippen LogP contribution is -2.03. The van der Waals surface area contributed by atoms with E-state index in [9.17, 15) is 4.79 Å². The largest absolute Gasteiger partial charge is 0.509 e. The van der Waals surface area contributed by atoms with Gasteiger partial charge in [-0.2, -0.15) is 0 Å². The lowest BCUT2D eigenvalue weighted by atomic mass is 10.4. The number of hydrogen-bond acceptors (Lipinski definition) is 3. The van der Waals surface area contributed by atoms with E-state index in [1.54, 1.807) is 6.08 Å². The Morgan fingerprint density at radius 1 is 1.64 bits per heavy atom. The van der Waals surface area contributed by atoms with E-state index < -0.39 is 6.16 Å². The molecule has 11 heavy (non-hydrogen) atoms. The summed E-state index contributed by atoms with van der Waals surface area (Å²) >= 11 is 0. The number of carbonyl (C=O) groups excluding carboxylic acids is 1. The second-order valence-electron chi connectivity index (χ2n) is 1.86. The number of ether oxygens (including phenoxy) is 2. The zero-order valence-corrected chi connectivity index (χ0v) is 6.58. The number of hydrogen-bond donors (Lipinski definition) is 0. The monoisotopic (exact) mass is 156 g/mol. The van der Waals surface area contributed by atoms with Crippen LogP contribution in [0.5, 0.6) is 0 Å². The van der Waals surface area contributed by atoms with Crippen molar-refractivity contribution < 1.29 is 14.3 Å². The van der Waals surface area contributed by atoms with Gasteiger partial charge in [0.1, 0.15) is 6.61 Å². The highest BCUT2D eigenvalue weighted by Gasteiger charge is 2.20. The first-order chi connectivity index (χ1) is 5.24. The van der Waals surface area contributed by atoms with Crippen LogP contribution in [-0.4, -0.2) is 18.9 Å². The third-order valence-corrected chi connectivity index (χ3v) is 0.876. The maximum atomic E-state index is 10.1. The van der Waals surface area contributed by atoms with Crippen molar-refractivity contribution >= 4 is 6.16 Å². The molecule has 1 atom stereocenters. The fourth-order valence-electron chi connectivity index (χ4n) is 0.458. The first-order valence-electron chi connectivity index (χ1n) is 3.27. The smallest absolute Gasteiger partial charge is 0.430 e. The molecule has 0 N–H and O–H groups in total. The van der Waals surface area contributed by atoms with Crippen molar-refractivity contribution in [2.45, 2.75) is 13.0 Å². The van der Waals surface area contributed by atoms with Crippen LogP contribution in [0.25, 0.3) is 0 Å². The molecule has 0 aliphatic carbocycles. The molecular weight excluding hydrogens is 144 g/mol. The van der Waals surface area contributed by atoms with Gasteiger partial charge in [-0.1, -0.05) is 12.7 Å². The van der Waals surface area contributed by atoms with Crippen LogP contribution in [0.2, 0.25) is 0 Å². The molecule has 0 aromatic heterocycles. The van der Waals surface area contributed by atoms with Crippen molar-refractivity contribution in [1.82, 2.24) is 0 Å². The molecule has 3 heteroatoms. The summed E-state index contributed by atoms with van der Waals surface area (Å²) in [6.45, 7) is 8.98. The second kappa shape index (κ2) is 5.53. The van der Waals surface area contributed by atoms with E-state index >= 15 is 0 Å². The molecule has 0 aromatic carbocycles. The molecule has 1 rings (SSSR count). The van der Waals surface area contributed by atoms with Gasteiger partial charge in [0.15, 0.2) is 6.10 Å². The van der Waals surface area contributed by atoms with Crippen molar-refractivity contribution in [2.75, 3.05) is 6.61 Å². The Labute approximate surface area is 66.3 Å². The third-order valence-electron chi connectivity index (χ3n) is 0.876. The Hall–Kier alpha value is -1.25. The lowest BCUT2D eigenvalue weighted by molar-refractivity contribution is 0.125. The molecule has 0 aromatic rings. The van der Waals surface area contributed by atoms with E-state index in [2.05, 4.69) is 22.6 Å². The van der Waals surface area contributed by atoms with Crippen molar-refractivity contribution in [2.24, 2.45) is 0 Å². The quantitative estimate of drug-likeness (QED) is 0.429. The fourth-order valence-corrected chi connectivity index (χ4v) is 0.458. The molecule has 0 saturated carbocycles. The van der Waals surface area contributed by atoms with Crippen LogP contribution >= 0.6 is 0 Å². The summed E-state index contributed by atoms with van der Waals surface area (Å²) in [5.74, 6) is 0. The Morgan fingerprint density at radius 3 is 2.36 bits per heavy atom. The third kappa shape index (κ3) is 4.19. The Morgan fingerprint density at radius 2 is 2.18 bits per heavy atom. The van der Waals surface area contributed by atoms with Crippen molar-refractivity contribution in [3.63, 3.8) is 0 Å². The van der Waals surface area contributed by atoms with Crippen LogP contribution in [0.3, 0.4) is 0 Å². The average molecular weight is 156 g/mol. The molecule has 1 unspecified atom stereocenters. The summed E-state index contributed by atoms with van der Waals surface area (Å²) < 4.78 is 8.96. The van der Waals surface area contributed by atoms with E-state index in [4.69, 9.17) is 0 Å². The zero-order chi connectivity index (χ0) is 8.69. The Kier molecular flexibility index (Phi) is 4.90. The van der Waals surface area contributed by atoms with Gasteiger partial charge in [0, 0.05) is 0 Å². The lowest BCUT2D eigenvalue weighted by Gasteiger charge is -1.92. The average Bonchev–Trinajstić information content (AvgIpc) is 2.37. The topological polar surface area (TPSA) is 35.5 Å². The van der Waals surface area contributed by atoms with Crippen molar-refractivity contribution in [3.05, 3.63) is 25.3 Å². The van der Waals surface area contributed by atoms with E-state index in [1.165, 1.54) is 6.08 Å². The summed E-state index contributed by atoms with van der Waals surface area (Å²) in [6, 6.07) is 0. The molecule has 62 valence electrons. The first-order valence-corrected chi connectivity index (χ1v) is 3.27. The number of allylic oxidation sites excluding steroid dienone is 1. The number of rotatable bonds is 1. The number of carbonyl (C=O) groups is 1. The van der Waals surface area contributed by atoms with Gasteiger partial charge < -0.3 is 9.47 Å². The highest BCUT2D eigenvalue weighted by Crippen LogP contribution is 2.05. The first kappa shape index (κ1) is 9.75. The standard InChI is InChI=1S/C5H6O3.C3H6/c1-2-4-3-7-5(6)8-4;1-3-2/h2,4H,1,3H2;3H,1H2,2H3. The normalized spacial score (nSPS) is 20.5. The Balaban J connectivity index is 0.000000292. The predicted molar refractivity (Wildman–Crippen MR) is 42.3 cm³/mol. The number of cyclic esters (lactones) is 2. The van der Waals surface area contributed by atoms with Gasteiger partial charge in [0.2, 0.25) is 0 Å². The van der Waals surface area contributed by atoms with Crippen LogP contribution in [0.1, 0.15) is 6.92 Å². The molecule has 0 amide bonds. The van der Waals surface area contributed by atoms with Gasteiger partial charge in [-0.3, -0.25) is 0 Å². The zero-order valence-electron chi connectivity index (χ0n) is 6.58. The maximum absolute atomic E-state index is 10.1. The highest BCUT2D eigenvalue weighted by atomic mass is 16.8. The summed E-state index contributed by atoms with van der Waals surface area (Å²) in [6.07, 6.45) is 2.45. The second-order valence-corrected chi connectivity index (χ2v) is 1.86. The van der Waals surface area contributed by atoms with Gasteiger partial charge >= 0.3 is 6.16 Å². The molecule has 1 heterocycles. The minimum Gasteiger partial charge on any atom is -0.430 e. The van der Waals surface area contributed by atoms with Gasteiger partial charge in [-0.05, 0) is 13.0 Å². The van der Waals surface area contributed by atoms with E-state index in [0.29, 0.717) is 6.61 Å². The molecule has 1 aliphatic rings. The maximum Gasteiger partial charge on any atom is 0.509 e. The van der Waals surface area contributed by atoms with Gasteiger partial charge in [-0.25, -0.2) is 4.79 Å². The van der Waals surface area contributed by atoms with Crippen molar-refractivity contribution in [1.29, 1.82) is 0 Å². The van der Waals surface area contributed by atoms with E-state index in [1.807, 2.05) is 6.92 Å². The molecule has 3 nitrogen and oxygen atoms in total. The van der Waals surface area contributed by atoms with E-state index in [-0.39, 0.29) is 6.10 Å². The summed E-state index contributed by atoms with van der Waals surface area (Å²) in [7, 11) is 0. The molecule has 1 fully saturated rings. The fraction of sp³-hybridized carbons (Fsp3) is 0.375. The van der Waals surface area contributed by atoms with E-state index in [0.717, 1.165) is 0 Å². The van der Waals surface area contributed by atoms with Crippen LogP contribution in [0, 0.1) is 0 Å². The van der Waals surface area contributed by atoms with Crippen LogP contribution < -0.4 is 0 Å². The van der Waals surface area contributed by atoms with Gasteiger partial charge in [0.25, 0.3) is 0 Å². The molecule has 0 bridgehead atoms. The molecule has 0 spiro atoms. The highest BCUT2D eigenvalue weighted by molar-refractivity contribution is 5.62. The van der Waals surface area contributed by atoms with Crippen molar-refractivity contribution in [3.8, 4) is 0 Å². The summed E-state index contributed by atoms with van der Waals surface area (Å²) in [5.41, 5.74) is 0. The van der Waals surface area contributed by atoms with Gasteiger partial charge in [-0.15, -0.1) is 6.58 Å². The van der Waals surface area contributed by atoms with Crippen LogP contribution in [0.4, 0.5) is 4.79 Å². The SMILES string of the molecule is C=CC.C=CC1COC(=O)O1. The Bertz CT molecular complexity index is 151. The predicted octanol–water partition coefficient (Wildman–Crippen LogP) is 1.90. The molecule has 1 aliphatic heterocycles. The summed E-state index contributed by atoms with van der Waals surface area (Å²) in [4.78, 5) is 10.1.